The van der Waals surface area contributed by atoms with E-state index in [0.29, 0.717) is 0 Å². The highest BCUT2D eigenvalue weighted by Gasteiger charge is 2.00. The topological polar surface area (TPSA) is 18.5 Å². The molecule has 1 atom stereocenters. The van der Waals surface area contributed by atoms with Crippen molar-refractivity contribution >= 4 is 0 Å². The SMILES string of the molecule is C[CH]COC(C)COCCCCCCCCCC. The van der Waals surface area contributed by atoms with Crippen LogP contribution in [0, 0.1) is 6.42 Å². The third-order valence-corrected chi connectivity index (χ3v) is 3.04. The van der Waals surface area contributed by atoms with Gasteiger partial charge in [-0.15, -0.1) is 0 Å². The molecule has 2 nitrogen and oxygen atoms in total. The molecule has 0 spiro atoms. The van der Waals surface area contributed by atoms with Gasteiger partial charge < -0.3 is 9.47 Å². The van der Waals surface area contributed by atoms with Crippen molar-refractivity contribution in [2.45, 2.75) is 78.2 Å². The molecular weight excluding hydrogens is 224 g/mol. The van der Waals surface area contributed by atoms with Crippen LogP contribution < -0.4 is 0 Å². The maximum absolute atomic E-state index is 5.60. The van der Waals surface area contributed by atoms with Crippen LogP contribution in [0.5, 0.6) is 0 Å². The van der Waals surface area contributed by atoms with Crippen molar-refractivity contribution in [2.75, 3.05) is 19.8 Å². The zero-order chi connectivity index (χ0) is 13.5. The van der Waals surface area contributed by atoms with Crippen molar-refractivity contribution in [1.82, 2.24) is 0 Å². The summed E-state index contributed by atoms with van der Waals surface area (Å²) in [7, 11) is 0. The van der Waals surface area contributed by atoms with Crippen LogP contribution in [0.1, 0.15) is 72.1 Å². The lowest BCUT2D eigenvalue weighted by Gasteiger charge is -2.12. The number of ether oxygens (including phenoxy) is 2. The van der Waals surface area contributed by atoms with Crippen molar-refractivity contribution in [3.63, 3.8) is 0 Å². The van der Waals surface area contributed by atoms with Crippen LogP contribution in [0.25, 0.3) is 0 Å². The van der Waals surface area contributed by atoms with Crippen molar-refractivity contribution in [3.8, 4) is 0 Å². The number of unbranched alkanes of at least 4 members (excludes halogenated alkanes) is 7. The van der Waals surface area contributed by atoms with E-state index in [1.54, 1.807) is 0 Å². The van der Waals surface area contributed by atoms with E-state index in [2.05, 4.69) is 13.8 Å². The van der Waals surface area contributed by atoms with E-state index in [1.165, 1.54) is 51.4 Å². The standard InChI is InChI=1S/C16H33O2/c1-4-6-7-8-9-10-11-12-14-17-15-16(3)18-13-5-2/h5,16H,4,6-15H2,1-3H3. The molecule has 0 N–H and O–H groups in total. The van der Waals surface area contributed by atoms with Gasteiger partial charge in [0.2, 0.25) is 0 Å². The number of hydrogen-bond donors (Lipinski definition) is 0. The minimum absolute atomic E-state index is 0.218. The largest absolute Gasteiger partial charge is 0.379 e. The summed E-state index contributed by atoms with van der Waals surface area (Å²) in [6.07, 6.45) is 13.1. The highest BCUT2D eigenvalue weighted by molar-refractivity contribution is 4.55. The molecule has 2 heteroatoms. The van der Waals surface area contributed by atoms with Crippen LogP contribution in [0.4, 0.5) is 0 Å². The van der Waals surface area contributed by atoms with Gasteiger partial charge in [0.1, 0.15) is 0 Å². The summed E-state index contributed by atoms with van der Waals surface area (Å²) in [5, 5.41) is 0. The van der Waals surface area contributed by atoms with Crippen LogP contribution in [0.15, 0.2) is 0 Å². The fraction of sp³-hybridized carbons (Fsp3) is 0.938. The Labute approximate surface area is 114 Å². The van der Waals surface area contributed by atoms with Crippen molar-refractivity contribution in [1.29, 1.82) is 0 Å². The molecule has 0 aliphatic heterocycles. The number of hydrogen-bond acceptors (Lipinski definition) is 2. The molecule has 0 fully saturated rings. The summed E-state index contributed by atoms with van der Waals surface area (Å²) < 4.78 is 11.1. The molecule has 0 aliphatic rings. The van der Waals surface area contributed by atoms with Gasteiger partial charge >= 0.3 is 0 Å². The average molecular weight is 257 g/mol. The highest BCUT2D eigenvalue weighted by atomic mass is 16.5. The van der Waals surface area contributed by atoms with Gasteiger partial charge in [-0.1, -0.05) is 58.8 Å². The summed E-state index contributed by atoms with van der Waals surface area (Å²) in [5.74, 6) is 0. The summed E-state index contributed by atoms with van der Waals surface area (Å²) >= 11 is 0. The molecule has 1 unspecified atom stereocenters. The summed E-state index contributed by atoms with van der Waals surface area (Å²) in [5.41, 5.74) is 0. The van der Waals surface area contributed by atoms with E-state index in [1.807, 2.05) is 13.3 Å². The Morgan fingerprint density at radius 3 is 2.17 bits per heavy atom. The van der Waals surface area contributed by atoms with E-state index in [4.69, 9.17) is 9.47 Å². The monoisotopic (exact) mass is 257 g/mol. The molecule has 0 aliphatic carbocycles. The zero-order valence-electron chi connectivity index (χ0n) is 12.7. The molecule has 0 aromatic carbocycles. The maximum atomic E-state index is 5.60. The molecule has 18 heavy (non-hydrogen) atoms. The lowest BCUT2D eigenvalue weighted by Crippen LogP contribution is -2.17. The van der Waals surface area contributed by atoms with Gasteiger partial charge in [-0.2, -0.15) is 0 Å². The Kier molecular flexibility index (Phi) is 14.9. The van der Waals surface area contributed by atoms with Gasteiger partial charge in [-0.25, -0.2) is 0 Å². The molecule has 0 aromatic rings. The lowest BCUT2D eigenvalue weighted by atomic mass is 10.1. The van der Waals surface area contributed by atoms with Crippen LogP contribution in [0.3, 0.4) is 0 Å². The first-order valence-corrected chi connectivity index (χ1v) is 7.78. The third kappa shape index (κ3) is 14.0. The van der Waals surface area contributed by atoms with Crippen LogP contribution in [0.2, 0.25) is 0 Å². The quantitative estimate of drug-likeness (QED) is 0.417. The van der Waals surface area contributed by atoms with E-state index >= 15 is 0 Å². The van der Waals surface area contributed by atoms with E-state index in [0.717, 1.165) is 19.8 Å². The van der Waals surface area contributed by atoms with Gasteiger partial charge in [0, 0.05) is 13.2 Å². The van der Waals surface area contributed by atoms with E-state index < -0.39 is 0 Å². The van der Waals surface area contributed by atoms with Gasteiger partial charge in [0.05, 0.1) is 12.7 Å². The molecule has 1 radical (unpaired) electrons. The smallest absolute Gasteiger partial charge is 0.0780 e. The Morgan fingerprint density at radius 2 is 1.56 bits per heavy atom. The Hall–Kier alpha value is -0.0800. The maximum Gasteiger partial charge on any atom is 0.0780 e. The second-order valence-corrected chi connectivity index (χ2v) is 5.10. The van der Waals surface area contributed by atoms with Gasteiger partial charge in [-0.05, 0) is 19.8 Å². The fourth-order valence-electron chi connectivity index (χ4n) is 1.90. The van der Waals surface area contributed by atoms with E-state index in [9.17, 15) is 0 Å². The first kappa shape index (κ1) is 17.9. The molecule has 0 rings (SSSR count). The predicted molar refractivity (Wildman–Crippen MR) is 78.8 cm³/mol. The molecule has 0 heterocycles. The second-order valence-electron chi connectivity index (χ2n) is 5.10. The van der Waals surface area contributed by atoms with E-state index in [-0.39, 0.29) is 6.10 Å². The second kappa shape index (κ2) is 15.0. The molecule has 0 aromatic heterocycles. The molecule has 0 saturated heterocycles. The zero-order valence-corrected chi connectivity index (χ0v) is 12.7. The lowest BCUT2D eigenvalue weighted by molar-refractivity contribution is 0.000485. The molecule has 109 valence electrons. The molecule has 0 bridgehead atoms. The van der Waals surface area contributed by atoms with Crippen molar-refractivity contribution in [2.24, 2.45) is 0 Å². The predicted octanol–water partition coefficient (Wildman–Crippen LogP) is 4.77. The first-order chi connectivity index (χ1) is 8.81. The van der Waals surface area contributed by atoms with Crippen LogP contribution in [-0.2, 0) is 9.47 Å². The number of rotatable bonds is 14. The summed E-state index contributed by atoms with van der Waals surface area (Å²) in [6, 6.07) is 0. The molecule has 0 saturated carbocycles. The van der Waals surface area contributed by atoms with Gasteiger partial charge in [-0.3, -0.25) is 0 Å². The minimum atomic E-state index is 0.218. The van der Waals surface area contributed by atoms with Crippen molar-refractivity contribution in [3.05, 3.63) is 6.42 Å². The Morgan fingerprint density at radius 1 is 0.944 bits per heavy atom. The average Bonchev–Trinajstić information content (AvgIpc) is 2.38. The summed E-state index contributed by atoms with van der Waals surface area (Å²) in [6.45, 7) is 8.68. The molecule has 0 amide bonds. The first-order valence-electron chi connectivity index (χ1n) is 7.78. The Bertz CT molecular complexity index is 148. The normalized spacial score (nSPS) is 12.8. The Balaban J connectivity index is 3.02. The third-order valence-electron chi connectivity index (χ3n) is 3.04. The van der Waals surface area contributed by atoms with Crippen LogP contribution in [-0.4, -0.2) is 25.9 Å². The molecular formula is C16H33O2. The van der Waals surface area contributed by atoms with Gasteiger partial charge in [0.15, 0.2) is 0 Å². The van der Waals surface area contributed by atoms with Crippen molar-refractivity contribution < 1.29 is 9.47 Å². The van der Waals surface area contributed by atoms with Gasteiger partial charge in [0.25, 0.3) is 0 Å². The fourth-order valence-corrected chi connectivity index (χ4v) is 1.90. The highest BCUT2D eigenvalue weighted by Crippen LogP contribution is 2.08. The van der Waals surface area contributed by atoms with Crippen LogP contribution >= 0.6 is 0 Å². The minimum Gasteiger partial charge on any atom is -0.379 e. The summed E-state index contributed by atoms with van der Waals surface area (Å²) in [4.78, 5) is 0.